The maximum Gasteiger partial charge on any atom is 0.332 e. The summed E-state index contributed by atoms with van der Waals surface area (Å²) in [5, 5.41) is 6.28. The Balaban J connectivity index is 1.58. The number of hydrogen-bond acceptors (Lipinski definition) is 6. The Labute approximate surface area is 212 Å². The van der Waals surface area contributed by atoms with E-state index in [0.717, 1.165) is 5.56 Å². The molecule has 0 unspecified atom stereocenters. The SMILES string of the molecule is CCn1c(=O)cc(Nc2ccc(Oc3ccnc(C(=O)NC)c3)cc2)n(Cc2ccc(Cl)cc2)c1=O. The van der Waals surface area contributed by atoms with E-state index >= 15 is 0 Å². The lowest BCUT2D eigenvalue weighted by atomic mass is 10.2. The molecule has 0 radical (unpaired) electrons. The summed E-state index contributed by atoms with van der Waals surface area (Å²) in [6.45, 7) is 2.28. The molecular formula is C26H24ClN5O4. The van der Waals surface area contributed by atoms with Crippen LogP contribution < -0.4 is 26.6 Å². The molecule has 36 heavy (non-hydrogen) atoms. The molecule has 2 N–H and O–H groups in total. The molecule has 4 rings (SSSR count). The molecule has 0 fully saturated rings. The molecule has 0 saturated carbocycles. The van der Waals surface area contributed by atoms with Crippen LogP contribution in [-0.2, 0) is 13.1 Å². The molecule has 2 heterocycles. The molecule has 0 spiro atoms. The van der Waals surface area contributed by atoms with E-state index in [1.54, 1.807) is 55.5 Å². The summed E-state index contributed by atoms with van der Waals surface area (Å²) in [4.78, 5) is 41.4. The quantitative estimate of drug-likeness (QED) is 0.374. The smallest absolute Gasteiger partial charge is 0.332 e. The summed E-state index contributed by atoms with van der Waals surface area (Å²) < 4.78 is 8.52. The normalized spacial score (nSPS) is 10.6. The molecule has 9 nitrogen and oxygen atoms in total. The van der Waals surface area contributed by atoms with E-state index in [2.05, 4.69) is 15.6 Å². The number of anilines is 2. The van der Waals surface area contributed by atoms with Crippen LogP contribution in [0.5, 0.6) is 11.5 Å². The van der Waals surface area contributed by atoms with Crippen molar-refractivity contribution in [1.82, 2.24) is 19.4 Å². The van der Waals surface area contributed by atoms with Gasteiger partial charge in [0.25, 0.3) is 11.5 Å². The lowest BCUT2D eigenvalue weighted by molar-refractivity contribution is 0.0958. The molecule has 184 valence electrons. The van der Waals surface area contributed by atoms with Gasteiger partial charge >= 0.3 is 5.69 Å². The van der Waals surface area contributed by atoms with Crippen LogP contribution in [-0.4, -0.2) is 27.1 Å². The molecular weight excluding hydrogens is 482 g/mol. The number of nitrogens with zero attached hydrogens (tertiary/aromatic N) is 3. The lowest BCUT2D eigenvalue weighted by Gasteiger charge is -2.17. The summed E-state index contributed by atoms with van der Waals surface area (Å²) in [6.07, 6.45) is 1.49. The number of ether oxygens (including phenoxy) is 1. The first-order valence-electron chi connectivity index (χ1n) is 11.2. The monoisotopic (exact) mass is 505 g/mol. The van der Waals surface area contributed by atoms with Crippen molar-refractivity contribution < 1.29 is 9.53 Å². The largest absolute Gasteiger partial charge is 0.457 e. The molecule has 0 saturated heterocycles. The molecule has 0 bridgehead atoms. The van der Waals surface area contributed by atoms with Crippen LogP contribution in [0.25, 0.3) is 0 Å². The van der Waals surface area contributed by atoms with Crippen LogP contribution >= 0.6 is 11.6 Å². The van der Waals surface area contributed by atoms with Gasteiger partial charge in [0.2, 0.25) is 0 Å². The number of aromatic nitrogens is 3. The number of halogens is 1. The number of carbonyl (C=O) groups is 1. The van der Waals surface area contributed by atoms with Crippen molar-refractivity contribution in [2.45, 2.75) is 20.0 Å². The number of carbonyl (C=O) groups excluding carboxylic acids is 1. The van der Waals surface area contributed by atoms with Gasteiger partial charge < -0.3 is 15.4 Å². The summed E-state index contributed by atoms with van der Waals surface area (Å²) >= 11 is 5.99. The van der Waals surface area contributed by atoms with E-state index in [1.807, 2.05) is 12.1 Å². The zero-order valence-corrected chi connectivity index (χ0v) is 20.5. The number of rotatable bonds is 8. The highest BCUT2D eigenvalue weighted by atomic mass is 35.5. The van der Waals surface area contributed by atoms with Gasteiger partial charge in [-0.15, -0.1) is 0 Å². The first kappa shape index (κ1) is 24.7. The third kappa shape index (κ3) is 5.64. The maximum atomic E-state index is 13.1. The van der Waals surface area contributed by atoms with Gasteiger partial charge in [-0.3, -0.25) is 23.7 Å². The fourth-order valence-electron chi connectivity index (χ4n) is 3.55. The van der Waals surface area contributed by atoms with E-state index in [4.69, 9.17) is 16.3 Å². The van der Waals surface area contributed by atoms with Gasteiger partial charge in [0.1, 0.15) is 23.0 Å². The molecule has 2 aromatic heterocycles. The fraction of sp³-hybridized carbons (Fsp3) is 0.154. The van der Waals surface area contributed by atoms with Crippen molar-refractivity contribution in [3.8, 4) is 11.5 Å². The van der Waals surface area contributed by atoms with Gasteiger partial charge in [-0.2, -0.15) is 0 Å². The molecule has 4 aromatic rings. The van der Waals surface area contributed by atoms with Crippen molar-refractivity contribution in [2.75, 3.05) is 12.4 Å². The van der Waals surface area contributed by atoms with Gasteiger partial charge in [0.05, 0.1) is 6.54 Å². The van der Waals surface area contributed by atoms with Crippen molar-refractivity contribution in [2.24, 2.45) is 0 Å². The van der Waals surface area contributed by atoms with Gasteiger partial charge in [0, 0.05) is 42.6 Å². The van der Waals surface area contributed by atoms with Gasteiger partial charge in [-0.1, -0.05) is 23.7 Å². The van der Waals surface area contributed by atoms with Crippen molar-refractivity contribution in [3.63, 3.8) is 0 Å². The van der Waals surface area contributed by atoms with Crippen LogP contribution in [0.3, 0.4) is 0 Å². The van der Waals surface area contributed by atoms with Gasteiger partial charge in [0.15, 0.2) is 0 Å². The third-order valence-corrected chi connectivity index (χ3v) is 5.65. The topological polar surface area (TPSA) is 107 Å². The highest BCUT2D eigenvalue weighted by molar-refractivity contribution is 6.30. The molecule has 2 aromatic carbocycles. The minimum Gasteiger partial charge on any atom is -0.457 e. The Morgan fingerprint density at radius 3 is 2.36 bits per heavy atom. The standard InChI is InChI=1S/C26H24ClN5O4/c1-3-31-24(33)15-23(32(26(31)35)16-17-4-6-18(27)7-5-17)30-19-8-10-20(11-9-19)36-21-12-13-29-22(14-21)25(34)28-2/h4-15,30H,3,16H2,1-2H3,(H,28,34). The van der Waals surface area contributed by atoms with Gasteiger partial charge in [-0.25, -0.2) is 4.79 Å². The van der Waals surface area contributed by atoms with E-state index in [-0.39, 0.29) is 30.2 Å². The minimum atomic E-state index is -0.410. The highest BCUT2D eigenvalue weighted by Gasteiger charge is 2.12. The summed E-state index contributed by atoms with van der Waals surface area (Å²) in [5.74, 6) is 1.05. The van der Waals surface area contributed by atoms with Crippen LogP contribution in [0, 0.1) is 0 Å². The van der Waals surface area contributed by atoms with Crippen molar-refractivity contribution in [3.05, 3.63) is 110 Å². The van der Waals surface area contributed by atoms with Crippen molar-refractivity contribution >= 4 is 29.0 Å². The molecule has 0 aliphatic heterocycles. The van der Waals surface area contributed by atoms with Crippen LogP contribution in [0.2, 0.25) is 5.02 Å². The third-order valence-electron chi connectivity index (χ3n) is 5.40. The Bertz CT molecular complexity index is 1500. The van der Waals surface area contributed by atoms with E-state index in [1.165, 1.54) is 28.4 Å². The molecule has 0 atom stereocenters. The second-order valence-corrected chi connectivity index (χ2v) is 8.25. The molecule has 0 aliphatic rings. The second-order valence-electron chi connectivity index (χ2n) is 7.81. The van der Waals surface area contributed by atoms with Crippen LogP contribution in [0.4, 0.5) is 11.5 Å². The van der Waals surface area contributed by atoms with E-state index in [0.29, 0.717) is 28.0 Å². The fourth-order valence-corrected chi connectivity index (χ4v) is 3.68. The maximum absolute atomic E-state index is 13.1. The van der Waals surface area contributed by atoms with Gasteiger partial charge in [-0.05, 0) is 55.0 Å². The summed E-state index contributed by atoms with van der Waals surface area (Å²) in [5.41, 5.74) is 0.965. The number of nitrogens with one attached hydrogen (secondary N) is 2. The number of amides is 1. The predicted octanol–water partition coefficient (Wildman–Crippen LogP) is 4.02. The summed E-state index contributed by atoms with van der Waals surface area (Å²) in [7, 11) is 1.53. The van der Waals surface area contributed by atoms with E-state index in [9.17, 15) is 14.4 Å². The highest BCUT2D eigenvalue weighted by Crippen LogP contribution is 2.24. The Hall–Kier alpha value is -4.37. The Morgan fingerprint density at radius 2 is 1.69 bits per heavy atom. The number of hydrogen-bond donors (Lipinski definition) is 2. The minimum absolute atomic E-state index is 0.244. The summed E-state index contributed by atoms with van der Waals surface area (Å²) in [6, 6.07) is 18.8. The Morgan fingerprint density at radius 1 is 0.972 bits per heavy atom. The molecule has 1 amide bonds. The average Bonchev–Trinajstić information content (AvgIpc) is 2.88. The molecule has 10 heteroatoms. The van der Waals surface area contributed by atoms with E-state index < -0.39 is 5.69 Å². The second kappa shape index (κ2) is 10.9. The number of pyridine rings is 1. The molecule has 0 aliphatic carbocycles. The zero-order chi connectivity index (χ0) is 25.7. The zero-order valence-electron chi connectivity index (χ0n) is 19.7. The number of benzene rings is 2. The average molecular weight is 506 g/mol. The first-order chi connectivity index (χ1) is 17.4. The van der Waals surface area contributed by atoms with Crippen LogP contribution in [0.15, 0.2) is 82.5 Å². The first-order valence-corrected chi connectivity index (χ1v) is 11.6. The Kier molecular flexibility index (Phi) is 7.50. The van der Waals surface area contributed by atoms with Crippen molar-refractivity contribution in [1.29, 1.82) is 0 Å². The predicted molar refractivity (Wildman–Crippen MR) is 139 cm³/mol. The lowest BCUT2D eigenvalue weighted by Crippen LogP contribution is -2.40. The van der Waals surface area contributed by atoms with Crippen LogP contribution in [0.1, 0.15) is 23.0 Å².